The lowest BCUT2D eigenvalue weighted by molar-refractivity contribution is 1.25. The zero-order valence-corrected chi connectivity index (χ0v) is 7.23. The lowest BCUT2D eigenvalue weighted by Crippen LogP contribution is -1.98. The lowest BCUT2D eigenvalue weighted by atomic mass is 10.5. The van der Waals surface area contributed by atoms with Crippen molar-refractivity contribution in [3.63, 3.8) is 0 Å². The zero-order valence-electron chi connectivity index (χ0n) is 4.32. The number of aromatic nitrogens is 1. The van der Waals surface area contributed by atoms with Gasteiger partial charge in [-0.25, -0.2) is 0 Å². The first-order valence-electron chi connectivity index (χ1n) is 2.24. The van der Waals surface area contributed by atoms with E-state index in [1.165, 1.54) is 12.1 Å². The summed E-state index contributed by atoms with van der Waals surface area (Å²) in [6.07, 6.45) is 0. The summed E-state index contributed by atoms with van der Waals surface area (Å²) in [5, 5.41) is 0.381. The molecule has 2 nitrogen and oxygen atoms in total. The maximum absolute atomic E-state index is 10.6. The van der Waals surface area contributed by atoms with Gasteiger partial charge in [0.25, 0.3) is 0 Å². The van der Waals surface area contributed by atoms with Crippen LogP contribution < -0.4 is 5.43 Å². The molecule has 9 heavy (non-hydrogen) atoms. The Morgan fingerprint density at radius 3 is 2.67 bits per heavy atom. The van der Waals surface area contributed by atoms with Crippen molar-refractivity contribution < 1.29 is 0 Å². The molecule has 0 amide bonds. The summed E-state index contributed by atoms with van der Waals surface area (Å²) in [5.74, 6) is 0. The van der Waals surface area contributed by atoms with Crippen molar-refractivity contribution in [1.82, 2.24) is 4.98 Å². The van der Waals surface area contributed by atoms with Gasteiger partial charge in [0.2, 0.25) is 0 Å². The standard InChI is InChI=1S/C5H3ClINO/c6-4-1-3(9)2-5(7)8-4/h1-2H,(H,8,9). The van der Waals surface area contributed by atoms with E-state index < -0.39 is 0 Å². The third kappa shape index (κ3) is 1.98. The van der Waals surface area contributed by atoms with Crippen molar-refractivity contribution in [3.05, 3.63) is 31.2 Å². The molecule has 1 N–H and O–H groups in total. The average molecular weight is 255 g/mol. The predicted octanol–water partition coefficient (Wildman–Crippen LogP) is 1.63. The van der Waals surface area contributed by atoms with Crippen LogP contribution in [0.15, 0.2) is 16.9 Å². The second-order valence-corrected chi connectivity index (χ2v) is 3.08. The highest BCUT2D eigenvalue weighted by Crippen LogP contribution is 2.02. The normalized spacial score (nSPS) is 9.56. The van der Waals surface area contributed by atoms with Gasteiger partial charge in [-0.1, -0.05) is 11.6 Å². The maximum Gasteiger partial charge on any atom is 0.184 e. The van der Waals surface area contributed by atoms with Gasteiger partial charge in [-0.05, 0) is 22.6 Å². The van der Waals surface area contributed by atoms with Gasteiger partial charge in [-0.3, -0.25) is 4.79 Å². The van der Waals surface area contributed by atoms with Crippen molar-refractivity contribution in [3.8, 4) is 0 Å². The number of nitrogens with one attached hydrogen (secondary N) is 1. The number of halogens is 2. The Hall–Kier alpha value is -0.0300. The Bertz CT molecular complexity index is 247. The SMILES string of the molecule is O=c1cc(Cl)[nH]c(I)c1. The molecule has 0 aliphatic carbocycles. The molecule has 4 heteroatoms. The molecular formula is C5H3ClINO. The number of hydrogen-bond acceptors (Lipinski definition) is 1. The lowest BCUT2D eigenvalue weighted by Gasteiger charge is -1.89. The van der Waals surface area contributed by atoms with Crippen molar-refractivity contribution in [2.24, 2.45) is 0 Å². The van der Waals surface area contributed by atoms with E-state index in [2.05, 4.69) is 4.98 Å². The van der Waals surface area contributed by atoms with E-state index in [4.69, 9.17) is 11.6 Å². The first-order valence-corrected chi connectivity index (χ1v) is 3.69. The minimum Gasteiger partial charge on any atom is -0.341 e. The third-order valence-corrected chi connectivity index (χ3v) is 1.56. The Labute approximate surface area is 70.4 Å². The molecule has 0 aliphatic heterocycles. The van der Waals surface area contributed by atoms with Crippen LogP contribution in [0.5, 0.6) is 0 Å². The molecule has 0 saturated heterocycles. The van der Waals surface area contributed by atoms with Crippen LogP contribution in [-0.4, -0.2) is 4.98 Å². The molecule has 0 aromatic carbocycles. The summed E-state index contributed by atoms with van der Waals surface area (Å²) >= 11 is 7.48. The van der Waals surface area contributed by atoms with E-state index in [0.717, 1.165) is 3.70 Å². The summed E-state index contributed by atoms with van der Waals surface area (Å²) < 4.78 is 0.755. The van der Waals surface area contributed by atoms with Gasteiger partial charge in [0.15, 0.2) is 5.43 Å². The van der Waals surface area contributed by atoms with E-state index in [-0.39, 0.29) is 5.43 Å². The molecule has 0 radical (unpaired) electrons. The van der Waals surface area contributed by atoms with Crippen LogP contribution in [0, 0.1) is 3.70 Å². The molecule has 0 unspecified atom stereocenters. The molecule has 0 fully saturated rings. The fourth-order valence-electron chi connectivity index (χ4n) is 0.478. The molecular weight excluding hydrogens is 252 g/mol. The summed E-state index contributed by atoms with van der Waals surface area (Å²) in [6.45, 7) is 0. The zero-order chi connectivity index (χ0) is 6.85. The number of pyridine rings is 1. The molecule has 0 spiro atoms. The van der Waals surface area contributed by atoms with Crippen LogP contribution in [0.25, 0.3) is 0 Å². The third-order valence-electron chi connectivity index (χ3n) is 0.777. The number of aromatic amines is 1. The maximum atomic E-state index is 10.6. The highest BCUT2D eigenvalue weighted by atomic mass is 127. The fourth-order valence-corrected chi connectivity index (χ4v) is 1.44. The molecule has 0 bridgehead atoms. The molecule has 48 valence electrons. The van der Waals surface area contributed by atoms with Gasteiger partial charge in [-0.15, -0.1) is 0 Å². The van der Waals surface area contributed by atoms with Crippen LogP contribution in [0.2, 0.25) is 5.15 Å². The van der Waals surface area contributed by atoms with Crippen molar-refractivity contribution in [2.45, 2.75) is 0 Å². The smallest absolute Gasteiger partial charge is 0.184 e. The fraction of sp³-hybridized carbons (Fsp3) is 0. The number of hydrogen-bond donors (Lipinski definition) is 1. The number of rotatable bonds is 0. The van der Waals surface area contributed by atoms with Gasteiger partial charge < -0.3 is 4.98 Å². The van der Waals surface area contributed by atoms with Gasteiger partial charge >= 0.3 is 0 Å². The summed E-state index contributed by atoms with van der Waals surface area (Å²) in [6, 6.07) is 2.82. The summed E-state index contributed by atoms with van der Waals surface area (Å²) in [4.78, 5) is 13.4. The summed E-state index contributed by atoms with van der Waals surface area (Å²) in [5.41, 5.74) is -0.0665. The minimum absolute atomic E-state index is 0.0665. The molecule has 0 saturated carbocycles. The second kappa shape index (κ2) is 2.70. The molecule has 0 atom stereocenters. The minimum atomic E-state index is -0.0665. The van der Waals surface area contributed by atoms with Crippen molar-refractivity contribution >= 4 is 34.2 Å². The predicted molar refractivity (Wildman–Crippen MR) is 44.8 cm³/mol. The highest BCUT2D eigenvalue weighted by Gasteiger charge is 1.90. The largest absolute Gasteiger partial charge is 0.341 e. The molecule has 0 aliphatic rings. The second-order valence-electron chi connectivity index (χ2n) is 1.51. The van der Waals surface area contributed by atoms with Crippen LogP contribution in [0.1, 0.15) is 0 Å². The summed E-state index contributed by atoms with van der Waals surface area (Å²) in [7, 11) is 0. The molecule has 1 heterocycles. The first-order chi connectivity index (χ1) is 4.18. The van der Waals surface area contributed by atoms with Crippen molar-refractivity contribution in [1.29, 1.82) is 0 Å². The monoisotopic (exact) mass is 255 g/mol. The van der Waals surface area contributed by atoms with E-state index in [1.54, 1.807) is 0 Å². The topological polar surface area (TPSA) is 32.9 Å². The Morgan fingerprint density at radius 2 is 2.22 bits per heavy atom. The van der Waals surface area contributed by atoms with Crippen molar-refractivity contribution in [2.75, 3.05) is 0 Å². The van der Waals surface area contributed by atoms with E-state index in [0.29, 0.717) is 5.15 Å². The first kappa shape index (κ1) is 7.08. The van der Waals surface area contributed by atoms with E-state index in [1.807, 2.05) is 22.6 Å². The Balaban J connectivity index is 3.33. The van der Waals surface area contributed by atoms with Crippen LogP contribution >= 0.6 is 34.2 Å². The molecule has 1 aromatic rings. The van der Waals surface area contributed by atoms with Gasteiger partial charge in [0, 0.05) is 12.1 Å². The quantitative estimate of drug-likeness (QED) is 0.555. The molecule has 1 aromatic heterocycles. The van der Waals surface area contributed by atoms with Gasteiger partial charge in [0.1, 0.15) is 5.15 Å². The number of H-pyrrole nitrogens is 1. The Morgan fingerprint density at radius 1 is 1.56 bits per heavy atom. The molecule has 1 rings (SSSR count). The van der Waals surface area contributed by atoms with Crippen LogP contribution in [0.3, 0.4) is 0 Å². The van der Waals surface area contributed by atoms with Gasteiger partial charge in [0.05, 0.1) is 3.70 Å². The van der Waals surface area contributed by atoms with Gasteiger partial charge in [-0.2, -0.15) is 0 Å². The average Bonchev–Trinajstić information content (AvgIpc) is 1.59. The Kier molecular flexibility index (Phi) is 2.13. The highest BCUT2D eigenvalue weighted by molar-refractivity contribution is 14.1. The van der Waals surface area contributed by atoms with E-state index in [9.17, 15) is 4.79 Å². The van der Waals surface area contributed by atoms with Crippen LogP contribution in [-0.2, 0) is 0 Å². The van der Waals surface area contributed by atoms with Crippen LogP contribution in [0.4, 0.5) is 0 Å². The van der Waals surface area contributed by atoms with E-state index >= 15 is 0 Å².